The second kappa shape index (κ2) is 6.40. The van der Waals surface area contributed by atoms with E-state index in [2.05, 4.69) is 0 Å². The molecule has 0 aliphatic carbocycles. The van der Waals surface area contributed by atoms with Crippen molar-refractivity contribution in [2.45, 2.75) is 26.2 Å². The lowest BCUT2D eigenvalue weighted by atomic mass is 9.78. The minimum atomic E-state index is -0.874. The number of methoxy groups -OCH3 is 1. The Balaban J connectivity index is 2.98. The van der Waals surface area contributed by atoms with E-state index in [0.717, 1.165) is 17.7 Å². The van der Waals surface area contributed by atoms with Crippen molar-refractivity contribution in [2.75, 3.05) is 13.7 Å². The summed E-state index contributed by atoms with van der Waals surface area (Å²) in [7, 11) is 1.60. The standard InChI is InChI=1S/C14H21NO3/c1-3-7-14(10-15,13(16)17)9-11-5-4-6-12(8-11)18-2/h4-6,8H,3,7,9-10,15H2,1-2H3,(H,16,17). The number of carbonyl (C=O) groups is 1. The second-order valence-electron chi connectivity index (χ2n) is 4.57. The Labute approximate surface area is 108 Å². The number of ether oxygens (including phenoxy) is 1. The summed E-state index contributed by atoms with van der Waals surface area (Å²) in [4.78, 5) is 11.5. The second-order valence-corrected chi connectivity index (χ2v) is 4.57. The molecule has 0 aliphatic rings. The predicted molar refractivity (Wildman–Crippen MR) is 70.7 cm³/mol. The van der Waals surface area contributed by atoms with Crippen LogP contribution in [0.3, 0.4) is 0 Å². The minimum Gasteiger partial charge on any atom is -0.497 e. The van der Waals surface area contributed by atoms with Crippen LogP contribution in [-0.4, -0.2) is 24.7 Å². The molecular weight excluding hydrogens is 230 g/mol. The molecule has 18 heavy (non-hydrogen) atoms. The first-order valence-corrected chi connectivity index (χ1v) is 6.14. The molecule has 0 radical (unpaired) electrons. The van der Waals surface area contributed by atoms with Crippen LogP contribution in [0.1, 0.15) is 25.3 Å². The van der Waals surface area contributed by atoms with Crippen LogP contribution in [-0.2, 0) is 11.2 Å². The predicted octanol–water partition coefficient (Wildman–Crippen LogP) is 2.07. The van der Waals surface area contributed by atoms with Crippen LogP contribution in [0.15, 0.2) is 24.3 Å². The molecule has 1 aromatic carbocycles. The highest BCUT2D eigenvalue weighted by Crippen LogP contribution is 2.29. The fourth-order valence-corrected chi connectivity index (χ4v) is 2.18. The number of carboxylic acid groups (broad SMARTS) is 1. The summed E-state index contributed by atoms with van der Waals surface area (Å²) in [5.41, 5.74) is 5.77. The SMILES string of the molecule is CCCC(CN)(Cc1cccc(OC)c1)C(=O)O. The molecule has 0 aromatic heterocycles. The van der Waals surface area contributed by atoms with Crippen LogP contribution in [0.2, 0.25) is 0 Å². The maximum absolute atomic E-state index is 11.5. The molecule has 3 N–H and O–H groups in total. The molecule has 4 heteroatoms. The van der Waals surface area contributed by atoms with Crippen LogP contribution in [0.5, 0.6) is 5.75 Å². The molecule has 1 rings (SSSR count). The molecule has 100 valence electrons. The highest BCUT2D eigenvalue weighted by atomic mass is 16.5. The minimum absolute atomic E-state index is 0.146. The maximum atomic E-state index is 11.5. The third kappa shape index (κ3) is 3.23. The molecule has 0 fully saturated rings. The zero-order valence-electron chi connectivity index (χ0n) is 11.0. The van der Waals surface area contributed by atoms with Crippen LogP contribution in [0.4, 0.5) is 0 Å². The lowest BCUT2D eigenvalue weighted by molar-refractivity contribution is -0.148. The summed E-state index contributed by atoms with van der Waals surface area (Å²) in [6, 6.07) is 7.48. The lowest BCUT2D eigenvalue weighted by Gasteiger charge is -2.27. The molecule has 0 saturated heterocycles. The van der Waals surface area contributed by atoms with E-state index in [0.29, 0.717) is 12.8 Å². The van der Waals surface area contributed by atoms with Gasteiger partial charge in [-0.3, -0.25) is 4.79 Å². The highest BCUT2D eigenvalue weighted by Gasteiger charge is 2.36. The molecule has 0 spiro atoms. The molecular formula is C14H21NO3. The van der Waals surface area contributed by atoms with Gasteiger partial charge in [0.05, 0.1) is 12.5 Å². The van der Waals surface area contributed by atoms with E-state index in [1.54, 1.807) is 7.11 Å². The molecule has 1 atom stereocenters. The Morgan fingerprint density at radius 1 is 1.50 bits per heavy atom. The third-order valence-corrected chi connectivity index (χ3v) is 3.25. The van der Waals surface area contributed by atoms with Gasteiger partial charge in [0.2, 0.25) is 0 Å². The molecule has 0 saturated carbocycles. The zero-order valence-corrected chi connectivity index (χ0v) is 11.0. The first-order chi connectivity index (χ1) is 8.57. The summed E-state index contributed by atoms with van der Waals surface area (Å²) < 4.78 is 5.14. The average molecular weight is 251 g/mol. The Morgan fingerprint density at radius 3 is 2.72 bits per heavy atom. The van der Waals surface area contributed by atoms with Gasteiger partial charge in [0.1, 0.15) is 5.75 Å². The topological polar surface area (TPSA) is 72.5 Å². The number of rotatable bonds is 7. The molecule has 1 aromatic rings. The Hall–Kier alpha value is -1.55. The Kier molecular flexibility index (Phi) is 5.16. The van der Waals surface area contributed by atoms with Gasteiger partial charge in [-0.2, -0.15) is 0 Å². The normalized spacial score (nSPS) is 13.9. The van der Waals surface area contributed by atoms with Crippen molar-refractivity contribution in [2.24, 2.45) is 11.1 Å². The van der Waals surface area contributed by atoms with Crippen LogP contribution in [0.25, 0.3) is 0 Å². The maximum Gasteiger partial charge on any atom is 0.311 e. The van der Waals surface area contributed by atoms with E-state index in [1.807, 2.05) is 31.2 Å². The van der Waals surface area contributed by atoms with Crippen molar-refractivity contribution in [3.8, 4) is 5.75 Å². The molecule has 0 heterocycles. The largest absolute Gasteiger partial charge is 0.497 e. The van der Waals surface area contributed by atoms with Gasteiger partial charge in [0, 0.05) is 6.54 Å². The van der Waals surface area contributed by atoms with Gasteiger partial charge in [0.15, 0.2) is 0 Å². The van der Waals surface area contributed by atoms with Crippen LogP contribution >= 0.6 is 0 Å². The first kappa shape index (κ1) is 14.5. The van der Waals surface area contributed by atoms with Crippen molar-refractivity contribution in [3.05, 3.63) is 29.8 Å². The van der Waals surface area contributed by atoms with Gasteiger partial charge >= 0.3 is 5.97 Å². The van der Waals surface area contributed by atoms with Gasteiger partial charge < -0.3 is 15.6 Å². The molecule has 0 amide bonds. The first-order valence-electron chi connectivity index (χ1n) is 6.14. The van der Waals surface area contributed by atoms with E-state index in [-0.39, 0.29) is 6.54 Å². The van der Waals surface area contributed by atoms with E-state index in [9.17, 15) is 9.90 Å². The van der Waals surface area contributed by atoms with Crippen molar-refractivity contribution in [1.82, 2.24) is 0 Å². The Bertz CT molecular complexity index is 406. The highest BCUT2D eigenvalue weighted by molar-refractivity contribution is 5.75. The van der Waals surface area contributed by atoms with Crippen LogP contribution < -0.4 is 10.5 Å². The quantitative estimate of drug-likeness (QED) is 0.778. The molecule has 0 bridgehead atoms. The summed E-state index contributed by atoms with van der Waals surface area (Å²) >= 11 is 0. The van der Waals surface area contributed by atoms with Gasteiger partial charge in [-0.05, 0) is 30.5 Å². The smallest absolute Gasteiger partial charge is 0.311 e. The van der Waals surface area contributed by atoms with Crippen molar-refractivity contribution < 1.29 is 14.6 Å². The van der Waals surface area contributed by atoms with Crippen molar-refractivity contribution >= 4 is 5.97 Å². The van der Waals surface area contributed by atoms with Crippen molar-refractivity contribution in [1.29, 1.82) is 0 Å². The lowest BCUT2D eigenvalue weighted by Crippen LogP contribution is -2.40. The van der Waals surface area contributed by atoms with E-state index >= 15 is 0 Å². The Morgan fingerprint density at radius 2 is 2.22 bits per heavy atom. The number of nitrogens with two attached hydrogens (primary N) is 1. The fourth-order valence-electron chi connectivity index (χ4n) is 2.18. The molecule has 4 nitrogen and oxygen atoms in total. The fraction of sp³-hybridized carbons (Fsp3) is 0.500. The summed E-state index contributed by atoms with van der Waals surface area (Å²) in [6.07, 6.45) is 1.81. The average Bonchev–Trinajstić information content (AvgIpc) is 2.38. The number of benzene rings is 1. The number of carboxylic acids is 1. The number of hydrogen-bond donors (Lipinski definition) is 2. The van der Waals surface area contributed by atoms with E-state index in [4.69, 9.17) is 10.5 Å². The monoisotopic (exact) mass is 251 g/mol. The molecule has 0 aliphatic heterocycles. The summed E-state index contributed by atoms with van der Waals surface area (Å²) in [6.45, 7) is 2.12. The summed E-state index contributed by atoms with van der Waals surface area (Å²) in [5, 5.41) is 9.43. The number of aliphatic carboxylic acids is 1. The van der Waals surface area contributed by atoms with Crippen molar-refractivity contribution in [3.63, 3.8) is 0 Å². The third-order valence-electron chi connectivity index (χ3n) is 3.25. The van der Waals surface area contributed by atoms with Gasteiger partial charge in [-0.1, -0.05) is 25.5 Å². The zero-order chi connectivity index (χ0) is 13.6. The number of hydrogen-bond acceptors (Lipinski definition) is 3. The summed E-state index contributed by atoms with van der Waals surface area (Å²) in [5.74, 6) is -0.0880. The van der Waals surface area contributed by atoms with E-state index < -0.39 is 11.4 Å². The van der Waals surface area contributed by atoms with Crippen LogP contribution in [0, 0.1) is 5.41 Å². The van der Waals surface area contributed by atoms with E-state index in [1.165, 1.54) is 0 Å². The molecule has 1 unspecified atom stereocenters. The van der Waals surface area contributed by atoms with Gasteiger partial charge in [0.25, 0.3) is 0 Å². The van der Waals surface area contributed by atoms with Gasteiger partial charge in [-0.25, -0.2) is 0 Å². The van der Waals surface area contributed by atoms with Gasteiger partial charge in [-0.15, -0.1) is 0 Å².